The van der Waals surface area contributed by atoms with Gasteiger partial charge in [0.15, 0.2) is 31.3 Å². The van der Waals surface area contributed by atoms with Crippen molar-refractivity contribution in [3.05, 3.63) is 71.3 Å². The molecule has 0 saturated heterocycles. The molecule has 0 radical (unpaired) electrons. The second-order valence-corrected chi connectivity index (χ2v) is 21.8. The molecule has 0 fully saturated rings. The summed E-state index contributed by atoms with van der Waals surface area (Å²) in [5, 5.41) is 58.4. The van der Waals surface area contributed by atoms with Crippen molar-refractivity contribution in [1.29, 1.82) is 0 Å². The Morgan fingerprint density at radius 1 is 0.754 bits per heavy atom. The number of hydrogen-bond acceptors (Lipinski definition) is 17. The van der Waals surface area contributed by atoms with E-state index in [-0.39, 0.29) is 152 Å². The van der Waals surface area contributed by atoms with E-state index in [9.17, 15) is 21.9 Å². The van der Waals surface area contributed by atoms with Gasteiger partial charge in [0.2, 0.25) is 0 Å². The number of anilines is 4. The van der Waals surface area contributed by atoms with E-state index >= 15 is 0 Å². The number of carbonyl (C=O) groups excluding carboxylic acids is 1. The van der Waals surface area contributed by atoms with E-state index in [2.05, 4.69) is 61.8 Å². The van der Waals surface area contributed by atoms with Crippen LogP contribution in [-0.4, -0.2) is 104 Å². The number of hydrogen-bond donors (Lipinski definition) is 7. The number of aryl methyl sites for hydroxylation is 2. The molecule has 6 aromatic rings. The number of ether oxygens (including phenoxy) is 1. The third kappa shape index (κ3) is 15.4. The van der Waals surface area contributed by atoms with Gasteiger partial charge in [-0.2, -0.15) is 10.2 Å². The van der Waals surface area contributed by atoms with Gasteiger partial charge < -0.3 is 42.3 Å². The minimum atomic E-state index is -3.72. The van der Waals surface area contributed by atoms with Crippen LogP contribution in [0.15, 0.2) is 58.6 Å². The van der Waals surface area contributed by atoms with Gasteiger partial charge in [0.25, 0.3) is 6.47 Å². The second kappa shape index (κ2) is 26.6. The Hall–Kier alpha value is -2.12. The molecule has 0 aliphatic rings. The number of phenolic OH excluding ortho intramolecular Hbond substituents is 1. The van der Waals surface area contributed by atoms with Gasteiger partial charge >= 0.3 is 103 Å². The van der Waals surface area contributed by atoms with Crippen LogP contribution < -0.4 is 123 Å². The number of H-pyrrole nitrogens is 2. The predicted octanol–water partition coefficient (Wildman–Crippen LogP) is -0.213. The smallest absolute Gasteiger partial charge is 1.00 e. The van der Waals surface area contributed by atoms with E-state index in [1.165, 1.54) is 12.1 Å². The van der Waals surface area contributed by atoms with Crippen molar-refractivity contribution in [2.45, 2.75) is 88.5 Å². The first-order valence-corrected chi connectivity index (χ1v) is 23.2. The molecule has 4 aromatic heterocycles. The third-order valence-electron chi connectivity index (χ3n) is 9.31. The molecule has 346 valence electrons. The number of fused-ring (bicyclic) bond motifs is 2. The first-order valence-electron chi connectivity index (χ1n) is 19.1. The number of phenols is 1. The maximum absolute atomic E-state index is 13.2. The van der Waals surface area contributed by atoms with E-state index in [0.29, 0.717) is 50.1 Å². The average molecular weight is 1060 g/mol. The number of sulfone groups is 2. The molecule has 19 nitrogen and oxygen atoms in total. The number of aromatic nitrogens is 6. The fourth-order valence-corrected chi connectivity index (χ4v) is 7.94. The number of pyridine rings is 2. The molecule has 0 bridgehead atoms. The molecule has 7 N–H and O–H groups in total. The van der Waals surface area contributed by atoms with E-state index in [4.69, 9.17) is 25.0 Å². The summed E-state index contributed by atoms with van der Waals surface area (Å²) in [6.45, 7) is 17.3. The van der Waals surface area contributed by atoms with Crippen LogP contribution in [0.3, 0.4) is 0 Å². The molecular weight excluding hydrogens is 1000 g/mol. The van der Waals surface area contributed by atoms with Gasteiger partial charge in [-0.05, 0) is 93.5 Å². The van der Waals surface area contributed by atoms with Crippen molar-refractivity contribution < 1.29 is 156 Å². The van der Waals surface area contributed by atoms with Gasteiger partial charge in [0, 0.05) is 63.1 Å². The molecule has 65 heavy (non-hydrogen) atoms. The van der Waals surface area contributed by atoms with Crippen LogP contribution in [0.5, 0.6) is 11.5 Å². The number of benzene rings is 2. The Bertz CT molecular complexity index is 2750. The molecular formula is C41H55BrK2N8O11S2. The fraction of sp³-hybridized carbons (Fsp3) is 0.390. The molecule has 0 unspecified atom stereocenters. The van der Waals surface area contributed by atoms with Crippen LogP contribution in [0.1, 0.15) is 65.5 Å². The van der Waals surface area contributed by atoms with E-state index < -0.39 is 29.2 Å². The Labute approximate surface area is 473 Å². The van der Waals surface area contributed by atoms with E-state index in [0.717, 1.165) is 22.5 Å². The topological polar surface area (TPSA) is 295 Å². The monoisotopic (exact) mass is 1060 g/mol. The van der Waals surface area contributed by atoms with Crippen LogP contribution in [0, 0.1) is 27.7 Å². The largest absolute Gasteiger partial charge is 1.00 e. The minimum Gasteiger partial charge on any atom is -1.00 e. The van der Waals surface area contributed by atoms with Gasteiger partial charge in [0.05, 0.1) is 45.1 Å². The number of aromatic hydroxyl groups is 1. The van der Waals surface area contributed by atoms with E-state index in [1.807, 2.05) is 27.7 Å². The van der Waals surface area contributed by atoms with Crippen molar-refractivity contribution in [1.82, 2.24) is 30.4 Å². The number of alkyl halides is 1. The number of rotatable bonds is 11. The quantitative estimate of drug-likeness (QED) is 0.0290. The number of aliphatic hydroxyl groups excluding tert-OH is 2. The summed E-state index contributed by atoms with van der Waals surface area (Å²) in [5.41, 5.74) is 6.24. The first-order chi connectivity index (χ1) is 29.4. The normalized spacial score (nSPS) is 11.3. The van der Waals surface area contributed by atoms with Crippen molar-refractivity contribution >= 4 is 86.9 Å². The SMILES string of the molecule is Cc1[nH]nc(Nc2ccnc3cc(O)c(S(=O)(=O)C(C)(C)C)cc23)c1C.Cc1[nH]nc(Nc2ccnc3cc(OCCO)c(S(=O)(=O)C(C)(C)C)cc23)c1C.O=CO[O-].OCCBr.[H-].[K+].[K+]. The van der Waals surface area contributed by atoms with Gasteiger partial charge in [0.1, 0.15) is 27.9 Å². The Balaban J connectivity index is 0.00000106. The summed E-state index contributed by atoms with van der Waals surface area (Å²) in [7, 11) is -7.43. The summed E-state index contributed by atoms with van der Waals surface area (Å²) in [6.07, 6.45) is 3.23. The van der Waals surface area contributed by atoms with Gasteiger partial charge in [-0.25, -0.2) is 16.8 Å². The summed E-state index contributed by atoms with van der Waals surface area (Å²) in [5.74, 6) is 1.20. The summed E-state index contributed by atoms with van der Waals surface area (Å²) >= 11 is 3.00. The van der Waals surface area contributed by atoms with Crippen LogP contribution in [0.4, 0.5) is 23.0 Å². The number of halogens is 1. The zero-order valence-electron chi connectivity index (χ0n) is 39.6. The molecule has 24 heteroatoms. The molecule has 0 amide bonds. The second-order valence-electron chi connectivity index (χ2n) is 15.7. The maximum atomic E-state index is 13.2. The zero-order chi connectivity index (χ0) is 47.5. The summed E-state index contributed by atoms with van der Waals surface area (Å²) < 4.78 is 55.6. The molecule has 4 heterocycles. The minimum absolute atomic E-state index is 0. The standard InChI is InChI=1S/C20H26N4O4S.C18H22N4O3S.C2H5BrO.CH2O3.2K.H/c1-12-13(2)23-24-19(12)22-15-6-7-21-16-11-17(28-9-8-25)18(10-14(15)16)29(26,27)20(3,4)5;1-10-11(2)21-22-17(10)20-13-6-7-19-14-9-15(23)16(8-12(13)14)26(24,25)18(3,4)5;3-1-2-4;2-1-4-3;;;/h6-7,10-11,25H,8-9H2,1-5H3,(H2,21,22,23,24);6-9,23H,1-5H3,(H2,19,20,21,22);4H,1-2H2;1,3H;;;/q;;;;2*+1;-1/p-1. The molecule has 6 rings (SSSR count). The maximum Gasteiger partial charge on any atom is 1.00 e. The van der Waals surface area contributed by atoms with Crippen molar-refractivity contribution in [2.75, 3.05) is 35.8 Å². The van der Waals surface area contributed by atoms with Crippen molar-refractivity contribution in [2.24, 2.45) is 0 Å². The number of aliphatic hydroxyl groups is 2. The van der Waals surface area contributed by atoms with Crippen LogP contribution in [0.2, 0.25) is 0 Å². The van der Waals surface area contributed by atoms with Gasteiger partial charge in [-0.15, -0.1) is 0 Å². The average Bonchev–Trinajstić information content (AvgIpc) is 3.72. The van der Waals surface area contributed by atoms with Crippen LogP contribution >= 0.6 is 15.9 Å². The molecule has 2 aromatic carbocycles. The van der Waals surface area contributed by atoms with Gasteiger partial charge in [-0.3, -0.25) is 25.0 Å². The number of carbonyl (C=O) groups is 1. The number of nitrogens with zero attached hydrogens (tertiary/aromatic N) is 4. The van der Waals surface area contributed by atoms with E-state index in [1.54, 1.807) is 78.2 Å². The summed E-state index contributed by atoms with van der Waals surface area (Å²) in [6, 6.07) is 9.53. The molecule has 0 aliphatic carbocycles. The Kier molecular flexibility index (Phi) is 24.9. The third-order valence-corrected chi connectivity index (χ3v) is 14.7. The molecule has 0 atom stereocenters. The molecule has 0 saturated carbocycles. The number of nitrogens with one attached hydrogen (secondary N) is 4. The van der Waals surface area contributed by atoms with Crippen LogP contribution in [0.25, 0.3) is 21.8 Å². The predicted molar refractivity (Wildman–Crippen MR) is 243 cm³/mol. The summed E-state index contributed by atoms with van der Waals surface area (Å²) in [4.78, 5) is 19.8. The van der Waals surface area contributed by atoms with Crippen molar-refractivity contribution in [3.63, 3.8) is 0 Å². The van der Waals surface area contributed by atoms with Crippen LogP contribution in [-0.2, 0) is 29.4 Å². The fourth-order valence-electron chi connectivity index (χ4n) is 5.36. The first kappa shape index (κ1) is 60.9. The Morgan fingerprint density at radius 2 is 1.15 bits per heavy atom. The number of aromatic amines is 2. The zero-order valence-corrected chi connectivity index (χ0v) is 48.1. The van der Waals surface area contributed by atoms with Gasteiger partial charge in [-0.1, -0.05) is 15.9 Å². The molecule has 0 spiro atoms. The molecule has 0 aliphatic heterocycles. The van der Waals surface area contributed by atoms with Crippen molar-refractivity contribution in [3.8, 4) is 11.5 Å². The Morgan fingerprint density at radius 3 is 1.51 bits per heavy atom.